The molecule has 2 aliphatic rings. The number of hydrogen-bond donors (Lipinski definition) is 2. The molecule has 0 saturated heterocycles. The topological polar surface area (TPSA) is 76.0 Å². The van der Waals surface area contributed by atoms with Crippen molar-refractivity contribution >= 4 is 5.97 Å². The molecule has 0 spiro atoms. The van der Waals surface area contributed by atoms with Gasteiger partial charge in [-0.3, -0.25) is 4.79 Å². The molecule has 5 heteroatoms. The third-order valence-corrected chi connectivity index (χ3v) is 3.50. The van der Waals surface area contributed by atoms with Crippen LogP contribution in [0.5, 0.6) is 11.5 Å². The number of aliphatic hydroxyl groups excluding tert-OH is 1. The Bertz CT molecular complexity index is 476. The first-order valence-electron chi connectivity index (χ1n) is 5.43. The third-order valence-electron chi connectivity index (χ3n) is 3.50. The van der Waals surface area contributed by atoms with Crippen LogP contribution in [0.3, 0.4) is 0 Å². The van der Waals surface area contributed by atoms with Crippen molar-refractivity contribution in [2.75, 3.05) is 6.79 Å². The van der Waals surface area contributed by atoms with Crippen LogP contribution in [0.2, 0.25) is 0 Å². The number of hydrogen-bond acceptors (Lipinski definition) is 4. The van der Waals surface area contributed by atoms with Gasteiger partial charge in [-0.2, -0.15) is 0 Å². The fraction of sp³-hybridized carbons (Fsp3) is 0.417. The molecule has 90 valence electrons. The van der Waals surface area contributed by atoms with Crippen LogP contribution in [-0.2, 0) is 10.2 Å². The molecule has 0 bridgehead atoms. The van der Waals surface area contributed by atoms with Gasteiger partial charge >= 0.3 is 5.97 Å². The van der Waals surface area contributed by atoms with Gasteiger partial charge in [-0.25, -0.2) is 0 Å². The van der Waals surface area contributed by atoms with Gasteiger partial charge in [0.2, 0.25) is 6.79 Å². The van der Waals surface area contributed by atoms with E-state index in [-0.39, 0.29) is 19.6 Å². The molecule has 0 radical (unpaired) electrons. The van der Waals surface area contributed by atoms with E-state index < -0.39 is 17.5 Å². The van der Waals surface area contributed by atoms with Crippen molar-refractivity contribution in [2.24, 2.45) is 0 Å². The molecule has 1 saturated carbocycles. The molecule has 0 aromatic heterocycles. The molecule has 17 heavy (non-hydrogen) atoms. The maximum Gasteiger partial charge on any atom is 0.314 e. The molecule has 0 atom stereocenters. The monoisotopic (exact) mass is 236 g/mol. The summed E-state index contributed by atoms with van der Waals surface area (Å²) in [5, 5.41) is 18.7. The van der Waals surface area contributed by atoms with Gasteiger partial charge in [0.1, 0.15) is 0 Å². The Morgan fingerprint density at radius 2 is 2.00 bits per heavy atom. The zero-order chi connectivity index (χ0) is 12.0. The molecule has 0 amide bonds. The largest absolute Gasteiger partial charge is 0.481 e. The van der Waals surface area contributed by atoms with Gasteiger partial charge < -0.3 is 19.7 Å². The van der Waals surface area contributed by atoms with Gasteiger partial charge in [0, 0.05) is 0 Å². The van der Waals surface area contributed by atoms with Gasteiger partial charge in [-0.05, 0) is 30.5 Å². The number of carboxylic acid groups (broad SMARTS) is 1. The number of aliphatic hydroxyl groups is 1. The Morgan fingerprint density at radius 1 is 1.29 bits per heavy atom. The Kier molecular flexibility index (Phi) is 2.06. The summed E-state index contributed by atoms with van der Waals surface area (Å²) in [6.45, 7) is 0.168. The Balaban J connectivity index is 2.00. The van der Waals surface area contributed by atoms with Crippen LogP contribution in [0, 0.1) is 0 Å². The van der Waals surface area contributed by atoms with E-state index in [1.165, 1.54) is 0 Å². The average Bonchev–Trinajstić information content (AvgIpc) is 2.70. The Labute approximate surface area is 97.6 Å². The fourth-order valence-corrected chi connectivity index (χ4v) is 2.47. The maximum atomic E-state index is 11.4. The van der Waals surface area contributed by atoms with Crippen molar-refractivity contribution < 1.29 is 24.5 Å². The molecule has 0 unspecified atom stereocenters. The first-order chi connectivity index (χ1) is 8.12. The normalized spacial score (nSPS) is 29.8. The predicted molar refractivity (Wildman–Crippen MR) is 57.1 cm³/mol. The fourth-order valence-electron chi connectivity index (χ4n) is 2.47. The van der Waals surface area contributed by atoms with E-state index in [1.807, 2.05) is 0 Å². The predicted octanol–water partition coefficient (Wildman–Crippen LogP) is 0.892. The summed E-state index contributed by atoms with van der Waals surface area (Å²) in [4.78, 5) is 11.4. The minimum Gasteiger partial charge on any atom is -0.481 e. The number of aliphatic carboxylic acids is 1. The summed E-state index contributed by atoms with van der Waals surface area (Å²) < 4.78 is 10.4. The second kappa shape index (κ2) is 3.37. The van der Waals surface area contributed by atoms with Gasteiger partial charge in [0.15, 0.2) is 11.5 Å². The number of carboxylic acids is 1. The molecule has 1 aliphatic heterocycles. The van der Waals surface area contributed by atoms with Crippen molar-refractivity contribution in [3.05, 3.63) is 23.8 Å². The van der Waals surface area contributed by atoms with E-state index in [1.54, 1.807) is 18.2 Å². The molecule has 5 nitrogen and oxygen atoms in total. The average molecular weight is 236 g/mol. The van der Waals surface area contributed by atoms with Gasteiger partial charge in [0.05, 0.1) is 11.5 Å². The molecule has 2 N–H and O–H groups in total. The number of fused-ring (bicyclic) bond motifs is 1. The lowest BCUT2D eigenvalue weighted by Crippen LogP contribution is -2.50. The second-order valence-corrected chi connectivity index (χ2v) is 4.52. The molecule has 1 fully saturated rings. The van der Waals surface area contributed by atoms with Crippen molar-refractivity contribution in [3.8, 4) is 11.5 Å². The number of rotatable bonds is 2. The molecular formula is C12H12O5. The quantitative estimate of drug-likeness (QED) is 0.797. The van der Waals surface area contributed by atoms with Crippen molar-refractivity contribution in [3.63, 3.8) is 0 Å². The van der Waals surface area contributed by atoms with Gasteiger partial charge in [-0.1, -0.05) is 6.07 Å². The van der Waals surface area contributed by atoms with Crippen LogP contribution >= 0.6 is 0 Å². The zero-order valence-electron chi connectivity index (χ0n) is 9.05. The lowest BCUT2D eigenvalue weighted by atomic mass is 9.63. The Morgan fingerprint density at radius 3 is 2.65 bits per heavy atom. The van der Waals surface area contributed by atoms with Gasteiger partial charge in [-0.15, -0.1) is 0 Å². The van der Waals surface area contributed by atoms with Crippen molar-refractivity contribution in [1.29, 1.82) is 0 Å². The smallest absolute Gasteiger partial charge is 0.314 e. The lowest BCUT2D eigenvalue weighted by Gasteiger charge is -2.42. The minimum absolute atomic E-state index is 0.168. The van der Waals surface area contributed by atoms with E-state index in [4.69, 9.17) is 9.47 Å². The van der Waals surface area contributed by atoms with E-state index >= 15 is 0 Å². The van der Waals surface area contributed by atoms with E-state index in [0.717, 1.165) is 0 Å². The highest BCUT2D eigenvalue weighted by Crippen LogP contribution is 2.46. The van der Waals surface area contributed by atoms with Crippen LogP contribution in [0.25, 0.3) is 0 Å². The van der Waals surface area contributed by atoms with Crippen LogP contribution in [0.15, 0.2) is 18.2 Å². The third kappa shape index (κ3) is 1.39. The van der Waals surface area contributed by atoms with Crippen LogP contribution in [0.1, 0.15) is 18.4 Å². The Hall–Kier alpha value is -1.75. The zero-order valence-corrected chi connectivity index (χ0v) is 9.05. The molecule has 1 aliphatic carbocycles. The first-order valence-corrected chi connectivity index (χ1v) is 5.43. The molecule has 1 heterocycles. The minimum atomic E-state index is -0.972. The van der Waals surface area contributed by atoms with Gasteiger partial charge in [0.25, 0.3) is 0 Å². The molecule has 1 aromatic rings. The highest BCUT2D eigenvalue weighted by atomic mass is 16.7. The summed E-state index contributed by atoms with van der Waals surface area (Å²) in [5.41, 5.74) is -0.306. The molecule has 3 rings (SSSR count). The highest BCUT2D eigenvalue weighted by molar-refractivity contribution is 5.83. The van der Waals surface area contributed by atoms with Crippen molar-refractivity contribution in [1.82, 2.24) is 0 Å². The summed E-state index contributed by atoms with van der Waals surface area (Å²) in [7, 11) is 0. The summed E-state index contributed by atoms with van der Waals surface area (Å²) >= 11 is 0. The SMILES string of the molecule is O=C(O)C1(c2ccc3c(c2)OCO3)CC(O)C1. The van der Waals surface area contributed by atoms with Crippen LogP contribution in [0.4, 0.5) is 0 Å². The first kappa shape index (κ1) is 10.4. The molecule has 1 aromatic carbocycles. The van der Waals surface area contributed by atoms with Crippen LogP contribution < -0.4 is 9.47 Å². The number of ether oxygens (including phenoxy) is 2. The standard InChI is InChI=1S/C12H12O5/c13-8-4-12(5-8,11(14)15)7-1-2-9-10(3-7)17-6-16-9/h1-3,8,13H,4-6H2,(H,14,15). The second-order valence-electron chi connectivity index (χ2n) is 4.52. The van der Waals surface area contributed by atoms with E-state index in [0.29, 0.717) is 17.1 Å². The maximum absolute atomic E-state index is 11.4. The lowest BCUT2D eigenvalue weighted by molar-refractivity contribution is -0.152. The number of benzene rings is 1. The summed E-state index contributed by atoms with van der Waals surface area (Å²) in [6, 6.07) is 5.14. The highest BCUT2D eigenvalue weighted by Gasteiger charge is 2.51. The van der Waals surface area contributed by atoms with Crippen molar-refractivity contribution in [2.45, 2.75) is 24.4 Å². The van der Waals surface area contributed by atoms with E-state index in [2.05, 4.69) is 0 Å². The number of carbonyl (C=O) groups is 1. The van der Waals surface area contributed by atoms with Crippen LogP contribution in [-0.4, -0.2) is 29.1 Å². The summed E-state index contributed by atoms with van der Waals surface area (Å²) in [5.74, 6) is 0.306. The van der Waals surface area contributed by atoms with E-state index in [9.17, 15) is 15.0 Å². The summed E-state index contributed by atoms with van der Waals surface area (Å²) in [6.07, 6.45) is -0.0271. The molecular weight excluding hydrogens is 224 g/mol.